The van der Waals surface area contributed by atoms with E-state index in [0.29, 0.717) is 25.0 Å². The molecule has 0 N–H and O–H groups in total. The molecule has 0 atom stereocenters. The molecule has 0 spiro atoms. The average molecular weight is 462 g/mol. The largest absolute Gasteiger partial charge is 0.490 e. The maximum absolute atomic E-state index is 13.0. The van der Waals surface area contributed by atoms with E-state index in [1.165, 1.54) is 35.7 Å². The molecule has 2 aliphatic carbocycles. The topological polar surface area (TPSA) is 66.2 Å². The molecule has 0 unspecified atom stereocenters. The third kappa shape index (κ3) is 4.26. The summed E-state index contributed by atoms with van der Waals surface area (Å²) in [6, 6.07) is 12.6. The van der Waals surface area contributed by atoms with Gasteiger partial charge in [-0.15, -0.1) is 10.2 Å². The van der Waals surface area contributed by atoms with Gasteiger partial charge in [0.25, 0.3) is 0 Å². The first-order valence-electron chi connectivity index (χ1n) is 11.9. The number of benzene rings is 2. The van der Waals surface area contributed by atoms with E-state index in [1.54, 1.807) is 0 Å². The van der Waals surface area contributed by atoms with Crippen molar-refractivity contribution in [3.63, 3.8) is 0 Å². The molecule has 3 aliphatic rings. The van der Waals surface area contributed by atoms with Gasteiger partial charge < -0.3 is 9.47 Å². The lowest BCUT2D eigenvalue weighted by Crippen LogP contribution is -2.08. The van der Waals surface area contributed by atoms with Gasteiger partial charge in [-0.3, -0.25) is 9.36 Å². The van der Waals surface area contributed by atoms with Crippen LogP contribution >= 0.6 is 11.8 Å². The van der Waals surface area contributed by atoms with Crippen LogP contribution in [0, 0.1) is 0 Å². The normalized spacial score (nSPS) is 17.3. The van der Waals surface area contributed by atoms with Crippen LogP contribution in [-0.4, -0.2) is 39.5 Å². The summed E-state index contributed by atoms with van der Waals surface area (Å²) in [6.07, 6.45) is 7.78. The molecule has 0 bridgehead atoms. The first-order chi connectivity index (χ1) is 16.3. The van der Waals surface area contributed by atoms with Gasteiger partial charge in [-0.05, 0) is 73.9 Å². The summed E-state index contributed by atoms with van der Waals surface area (Å²) in [6.45, 7) is 1.32. The smallest absolute Gasteiger partial charge is 0.192 e. The van der Waals surface area contributed by atoms with Crippen LogP contribution in [0.5, 0.6) is 11.5 Å². The van der Waals surface area contributed by atoms with Crippen molar-refractivity contribution in [3.8, 4) is 22.9 Å². The minimum absolute atomic E-state index is 0.149. The fourth-order valence-corrected chi connectivity index (χ4v) is 5.56. The molecule has 6 nitrogen and oxygen atoms in total. The lowest BCUT2D eigenvalue weighted by molar-refractivity contribution is 0.102. The molecule has 0 saturated heterocycles. The molecule has 33 heavy (non-hydrogen) atoms. The molecule has 1 fully saturated rings. The molecule has 7 heteroatoms. The molecule has 170 valence electrons. The molecule has 3 aromatic rings. The van der Waals surface area contributed by atoms with Gasteiger partial charge in [-0.2, -0.15) is 0 Å². The predicted octanol–water partition coefficient (Wildman–Crippen LogP) is 5.30. The van der Waals surface area contributed by atoms with E-state index in [4.69, 9.17) is 9.47 Å². The zero-order valence-electron chi connectivity index (χ0n) is 18.6. The second kappa shape index (κ2) is 8.86. The van der Waals surface area contributed by atoms with Crippen molar-refractivity contribution in [2.45, 2.75) is 56.1 Å². The van der Waals surface area contributed by atoms with Gasteiger partial charge in [-0.1, -0.05) is 23.9 Å². The highest BCUT2D eigenvalue weighted by molar-refractivity contribution is 7.99. The number of carbonyl (C=O) groups is 1. The molecule has 2 heterocycles. The lowest BCUT2D eigenvalue weighted by atomic mass is 9.90. The van der Waals surface area contributed by atoms with Crippen molar-refractivity contribution in [1.29, 1.82) is 0 Å². The van der Waals surface area contributed by atoms with Gasteiger partial charge in [0.05, 0.1) is 19.0 Å². The Hall–Kier alpha value is -2.80. The van der Waals surface area contributed by atoms with E-state index in [1.807, 2.05) is 24.3 Å². The Labute approximate surface area is 197 Å². The first kappa shape index (κ1) is 20.8. The Kier molecular flexibility index (Phi) is 5.58. The molecule has 2 aromatic carbocycles. The Bertz CT molecular complexity index is 1200. The van der Waals surface area contributed by atoms with Crippen LogP contribution in [-0.2, 0) is 12.8 Å². The van der Waals surface area contributed by atoms with E-state index in [2.05, 4.69) is 26.9 Å². The van der Waals surface area contributed by atoms with E-state index < -0.39 is 0 Å². The quantitative estimate of drug-likeness (QED) is 0.367. The van der Waals surface area contributed by atoms with Gasteiger partial charge >= 0.3 is 0 Å². The van der Waals surface area contributed by atoms with Crippen LogP contribution in [0.4, 0.5) is 0 Å². The third-order valence-electron chi connectivity index (χ3n) is 6.59. The highest BCUT2D eigenvalue weighted by Crippen LogP contribution is 2.42. The van der Waals surface area contributed by atoms with Crippen molar-refractivity contribution < 1.29 is 14.3 Å². The van der Waals surface area contributed by atoms with Gasteiger partial charge in [0.1, 0.15) is 0 Å². The van der Waals surface area contributed by atoms with Gasteiger partial charge in [0.15, 0.2) is 28.3 Å². The van der Waals surface area contributed by atoms with Crippen molar-refractivity contribution in [2.24, 2.45) is 0 Å². The number of Topliss-reactive ketones (excluding diaryl/α,β-unsaturated/α-hetero) is 1. The Morgan fingerprint density at radius 3 is 2.61 bits per heavy atom. The number of carbonyl (C=O) groups excluding carboxylic acids is 1. The number of aromatic nitrogens is 3. The summed E-state index contributed by atoms with van der Waals surface area (Å²) in [7, 11) is 0. The SMILES string of the molecule is O=C(CSc1nnc(-c2ccc3c(c2)OCCCO3)n1C1CC1)c1ccc2c(c1)CCCC2. The number of thioether (sulfide) groups is 1. The van der Waals surface area contributed by atoms with Crippen LogP contribution in [0.15, 0.2) is 41.6 Å². The molecule has 1 aromatic heterocycles. The molecule has 6 rings (SSSR count). The predicted molar refractivity (Wildman–Crippen MR) is 127 cm³/mol. The number of hydrogen-bond acceptors (Lipinski definition) is 6. The monoisotopic (exact) mass is 461 g/mol. The zero-order valence-corrected chi connectivity index (χ0v) is 19.4. The maximum atomic E-state index is 13.0. The Morgan fingerprint density at radius 2 is 1.76 bits per heavy atom. The number of nitrogens with zero attached hydrogens (tertiary/aromatic N) is 3. The fourth-order valence-electron chi connectivity index (χ4n) is 4.66. The zero-order chi connectivity index (χ0) is 22.2. The molecular formula is C26H27N3O3S. The minimum Gasteiger partial charge on any atom is -0.490 e. The lowest BCUT2D eigenvalue weighted by Gasteiger charge is -2.16. The standard InChI is InChI=1S/C26H27N3O3S/c30-22(19-7-6-17-4-1-2-5-18(17)14-19)16-33-26-28-27-25(29(26)21-9-10-21)20-8-11-23-24(15-20)32-13-3-12-31-23/h6-8,11,14-15,21H,1-5,9-10,12-13,16H2. The first-order valence-corrected chi connectivity index (χ1v) is 12.9. The molecular weight excluding hydrogens is 434 g/mol. The van der Waals surface area contributed by atoms with E-state index in [0.717, 1.165) is 65.7 Å². The number of ether oxygens (including phenoxy) is 2. The highest BCUT2D eigenvalue weighted by atomic mass is 32.2. The summed E-state index contributed by atoms with van der Waals surface area (Å²) in [5, 5.41) is 9.80. The fraction of sp³-hybridized carbons (Fsp3) is 0.423. The van der Waals surface area contributed by atoms with Crippen LogP contribution in [0.2, 0.25) is 0 Å². The summed E-state index contributed by atoms with van der Waals surface area (Å²) < 4.78 is 13.8. The van der Waals surface area contributed by atoms with E-state index in [-0.39, 0.29) is 5.78 Å². The molecule has 0 radical (unpaired) electrons. The van der Waals surface area contributed by atoms with Gasteiger partial charge in [0.2, 0.25) is 0 Å². The summed E-state index contributed by atoms with van der Waals surface area (Å²) in [4.78, 5) is 13.0. The molecule has 0 amide bonds. The number of fused-ring (bicyclic) bond motifs is 2. The van der Waals surface area contributed by atoms with Crippen LogP contribution in [0.1, 0.15) is 59.6 Å². The number of hydrogen-bond donors (Lipinski definition) is 0. The van der Waals surface area contributed by atoms with Crippen LogP contribution in [0.3, 0.4) is 0 Å². The summed E-state index contributed by atoms with van der Waals surface area (Å²) in [5.74, 6) is 2.88. The Morgan fingerprint density at radius 1 is 0.939 bits per heavy atom. The molecule has 1 saturated carbocycles. The van der Waals surface area contributed by atoms with Crippen molar-refractivity contribution in [3.05, 3.63) is 53.1 Å². The van der Waals surface area contributed by atoms with Gasteiger partial charge in [0, 0.05) is 23.6 Å². The van der Waals surface area contributed by atoms with Crippen LogP contribution in [0.25, 0.3) is 11.4 Å². The molecule has 1 aliphatic heterocycles. The minimum atomic E-state index is 0.149. The third-order valence-corrected chi connectivity index (χ3v) is 7.53. The number of rotatable bonds is 6. The van der Waals surface area contributed by atoms with Crippen molar-refractivity contribution in [1.82, 2.24) is 14.8 Å². The Balaban J connectivity index is 1.22. The summed E-state index contributed by atoms with van der Waals surface area (Å²) >= 11 is 1.49. The number of ketones is 1. The summed E-state index contributed by atoms with van der Waals surface area (Å²) in [5.41, 5.74) is 4.52. The second-order valence-corrected chi connectivity index (χ2v) is 9.96. The van der Waals surface area contributed by atoms with E-state index in [9.17, 15) is 4.79 Å². The maximum Gasteiger partial charge on any atom is 0.192 e. The average Bonchev–Trinajstić information content (AvgIpc) is 3.65. The van der Waals surface area contributed by atoms with Crippen LogP contribution < -0.4 is 9.47 Å². The second-order valence-electron chi connectivity index (χ2n) is 9.02. The highest BCUT2D eigenvalue weighted by Gasteiger charge is 2.31. The van der Waals surface area contributed by atoms with Crippen molar-refractivity contribution in [2.75, 3.05) is 19.0 Å². The van der Waals surface area contributed by atoms with E-state index >= 15 is 0 Å². The van der Waals surface area contributed by atoms with Crippen molar-refractivity contribution >= 4 is 17.5 Å². The number of aryl methyl sites for hydroxylation is 2. The van der Waals surface area contributed by atoms with Gasteiger partial charge in [-0.25, -0.2) is 0 Å².